The molecule has 112 valence electrons. The fourth-order valence-corrected chi connectivity index (χ4v) is 3.01. The van der Waals surface area contributed by atoms with Crippen molar-refractivity contribution in [2.75, 3.05) is 0 Å². The molecule has 2 heterocycles. The highest BCUT2D eigenvalue weighted by molar-refractivity contribution is 7.89. The molecule has 1 N–H and O–H groups in total. The van der Waals surface area contributed by atoms with Gasteiger partial charge in [0.15, 0.2) is 0 Å². The molecule has 0 aliphatic rings. The summed E-state index contributed by atoms with van der Waals surface area (Å²) >= 11 is 0. The van der Waals surface area contributed by atoms with Gasteiger partial charge < -0.3 is 4.42 Å². The predicted molar refractivity (Wildman–Crippen MR) is 82.4 cm³/mol. The SMILES string of the molecule is O=S(=O)(NCc1ccc(-c2ccoc2)nc1)c1ccccc1. The zero-order valence-electron chi connectivity index (χ0n) is 11.6. The Morgan fingerprint density at radius 3 is 2.50 bits per heavy atom. The van der Waals surface area contributed by atoms with Crippen molar-refractivity contribution in [1.29, 1.82) is 0 Å². The summed E-state index contributed by atoms with van der Waals surface area (Å²) in [5, 5.41) is 0. The monoisotopic (exact) mass is 314 g/mol. The van der Waals surface area contributed by atoms with Gasteiger partial charge in [-0.25, -0.2) is 13.1 Å². The normalized spacial score (nSPS) is 11.5. The summed E-state index contributed by atoms with van der Waals surface area (Å²) in [6.07, 6.45) is 4.84. The molecule has 0 fully saturated rings. The number of nitrogens with one attached hydrogen (secondary N) is 1. The number of rotatable bonds is 5. The van der Waals surface area contributed by atoms with Crippen molar-refractivity contribution in [3.8, 4) is 11.3 Å². The van der Waals surface area contributed by atoms with Gasteiger partial charge in [-0.15, -0.1) is 0 Å². The van der Waals surface area contributed by atoms with Crippen LogP contribution in [0.2, 0.25) is 0 Å². The summed E-state index contributed by atoms with van der Waals surface area (Å²) in [5.74, 6) is 0. The fraction of sp³-hybridized carbons (Fsp3) is 0.0625. The quantitative estimate of drug-likeness (QED) is 0.786. The smallest absolute Gasteiger partial charge is 0.240 e. The highest BCUT2D eigenvalue weighted by atomic mass is 32.2. The van der Waals surface area contributed by atoms with Crippen LogP contribution in [0.25, 0.3) is 11.3 Å². The average Bonchev–Trinajstić information content (AvgIpc) is 3.09. The van der Waals surface area contributed by atoms with Crippen LogP contribution in [-0.4, -0.2) is 13.4 Å². The molecule has 0 saturated heterocycles. The van der Waals surface area contributed by atoms with Gasteiger partial charge in [-0.2, -0.15) is 0 Å². The van der Waals surface area contributed by atoms with E-state index in [-0.39, 0.29) is 11.4 Å². The number of hydrogen-bond donors (Lipinski definition) is 1. The lowest BCUT2D eigenvalue weighted by Gasteiger charge is -2.07. The summed E-state index contributed by atoms with van der Waals surface area (Å²) in [5.41, 5.74) is 2.45. The molecule has 0 spiro atoms. The second-order valence-corrected chi connectivity index (χ2v) is 6.47. The van der Waals surface area contributed by atoms with Crippen molar-refractivity contribution < 1.29 is 12.8 Å². The fourth-order valence-electron chi connectivity index (χ4n) is 1.97. The van der Waals surface area contributed by atoms with E-state index in [9.17, 15) is 8.42 Å². The van der Waals surface area contributed by atoms with Gasteiger partial charge in [0, 0.05) is 18.3 Å². The van der Waals surface area contributed by atoms with Crippen LogP contribution >= 0.6 is 0 Å². The molecule has 3 rings (SSSR count). The van der Waals surface area contributed by atoms with Gasteiger partial charge in [-0.1, -0.05) is 24.3 Å². The van der Waals surface area contributed by atoms with Gasteiger partial charge in [0.05, 0.1) is 23.1 Å². The summed E-state index contributed by atoms with van der Waals surface area (Å²) < 4.78 is 31.8. The van der Waals surface area contributed by atoms with Crippen molar-refractivity contribution in [2.45, 2.75) is 11.4 Å². The Labute approximate surface area is 128 Å². The Balaban J connectivity index is 1.69. The third kappa shape index (κ3) is 3.24. The van der Waals surface area contributed by atoms with E-state index in [1.54, 1.807) is 49.1 Å². The van der Waals surface area contributed by atoms with E-state index >= 15 is 0 Å². The van der Waals surface area contributed by atoms with Gasteiger partial charge in [0.1, 0.15) is 0 Å². The molecule has 3 aromatic rings. The number of sulfonamides is 1. The first-order valence-electron chi connectivity index (χ1n) is 6.67. The molecule has 0 radical (unpaired) electrons. The Morgan fingerprint density at radius 2 is 1.86 bits per heavy atom. The van der Waals surface area contributed by atoms with Crippen LogP contribution in [0.15, 0.2) is 76.6 Å². The van der Waals surface area contributed by atoms with Crippen molar-refractivity contribution in [2.24, 2.45) is 0 Å². The zero-order chi connectivity index (χ0) is 15.4. The number of aromatic nitrogens is 1. The van der Waals surface area contributed by atoms with Gasteiger partial charge in [-0.05, 0) is 29.8 Å². The van der Waals surface area contributed by atoms with Gasteiger partial charge >= 0.3 is 0 Å². The van der Waals surface area contributed by atoms with E-state index in [2.05, 4.69) is 9.71 Å². The molecule has 0 bridgehead atoms. The second kappa shape index (κ2) is 6.13. The van der Waals surface area contributed by atoms with Crippen LogP contribution in [-0.2, 0) is 16.6 Å². The molecule has 22 heavy (non-hydrogen) atoms. The third-order valence-electron chi connectivity index (χ3n) is 3.16. The topological polar surface area (TPSA) is 72.2 Å². The first-order chi connectivity index (χ1) is 10.6. The lowest BCUT2D eigenvalue weighted by Crippen LogP contribution is -2.23. The number of furan rings is 1. The average molecular weight is 314 g/mol. The zero-order valence-corrected chi connectivity index (χ0v) is 12.5. The van der Waals surface area contributed by atoms with E-state index in [1.807, 2.05) is 18.2 Å². The standard InChI is InChI=1S/C16H14N2O3S/c19-22(20,15-4-2-1-3-5-15)18-11-13-6-7-16(17-10-13)14-8-9-21-12-14/h1-10,12,18H,11H2. The summed E-state index contributed by atoms with van der Waals surface area (Å²) in [4.78, 5) is 4.55. The van der Waals surface area contributed by atoms with E-state index < -0.39 is 10.0 Å². The van der Waals surface area contributed by atoms with Crippen molar-refractivity contribution in [1.82, 2.24) is 9.71 Å². The Hall–Kier alpha value is -2.44. The largest absolute Gasteiger partial charge is 0.472 e. The predicted octanol–water partition coefficient (Wildman–Crippen LogP) is 2.82. The maximum Gasteiger partial charge on any atom is 0.240 e. The number of benzene rings is 1. The molecule has 5 nitrogen and oxygen atoms in total. The van der Waals surface area contributed by atoms with Crippen molar-refractivity contribution in [3.63, 3.8) is 0 Å². The Kier molecular flexibility index (Phi) is 4.04. The maximum atomic E-state index is 12.1. The second-order valence-electron chi connectivity index (χ2n) is 4.70. The van der Waals surface area contributed by atoms with Gasteiger partial charge in [-0.3, -0.25) is 4.98 Å². The molecule has 0 saturated carbocycles. The van der Waals surface area contributed by atoms with Crippen LogP contribution < -0.4 is 4.72 Å². The molecule has 0 aliphatic heterocycles. The minimum absolute atomic E-state index is 0.190. The lowest BCUT2D eigenvalue weighted by molar-refractivity contribution is 0.568. The molecule has 1 aromatic carbocycles. The number of pyridine rings is 1. The molecule has 0 atom stereocenters. The molecule has 2 aromatic heterocycles. The van der Waals surface area contributed by atoms with Crippen LogP contribution in [0.4, 0.5) is 0 Å². The lowest BCUT2D eigenvalue weighted by atomic mass is 10.2. The van der Waals surface area contributed by atoms with E-state index in [4.69, 9.17) is 4.42 Å². The highest BCUT2D eigenvalue weighted by Gasteiger charge is 2.12. The van der Waals surface area contributed by atoms with Crippen LogP contribution in [0.3, 0.4) is 0 Å². The maximum absolute atomic E-state index is 12.1. The highest BCUT2D eigenvalue weighted by Crippen LogP contribution is 2.17. The third-order valence-corrected chi connectivity index (χ3v) is 4.58. The van der Waals surface area contributed by atoms with E-state index in [1.165, 1.54) is 0 Å². The van der Waals surface area contributed by atoms with Gasteiger partial charge in [0.25, 0.3) is 0 Å². The first-order valence-corrected chi connectivity index (χ1v) is 8.16. The van der Waals surface area contributed by atoms with Crippen molar-refractivity contribution >= 4 is 10.0 Å². The van der Waals surface area contributed by atoms with E-state index in [0.717, 1.165) is 16.8 Å². The number of nitrogens with zero attached hydrogens (tertiary/aromatic N) is 1. The minimum atomic E-state index is -3.50. The molecule has 0 unspecified atom stereocenters. The Morgan fingerprint density at radius 1 is 1.05 bits per heavy atom. The molecular weight excluding hydrogens is 300 g/mol. The summed E-state index contributed by atoms with van der Waals surface area (Å²) in [7, 11) is -3.50. The van der Waals surface area contributed by atoms with Crippen molar-refractivity contribution in [3.05, 3.63) is 72.8 Å². The summed E-state index contributed by atoms with van der Waals surface area (Å²) in [6.45, 7) is 0.190. The Bertz CT molecular complexity index is 827. The first kappa shape index (κ1) is 14.5. The minimum Gasteiger partial charge on any atom is -0.472 e. The molecular formula is C16H14N2O3S. The van der Waals surface area contributed by atoms with Gasteiger partial charge in [0.2, 0.25) is 10.0 Å². The van der Waals surface area contributed by atoms with Crippen LogP contribution in [0.5, 0.6) is 0 Å². The number of hydrogen-bond acceptors (Lipinski definition) is 4. The van der Waals surface area contributed by atoms with E-state index in [0.29, 0.717) is 0 Å². The van der Waals surface area contributed by atoms with Crippen LogP contribution in [0, 0.1) is 0 Å². The molecule has 0 aliphatic carbocycles. The van der Waals surface area contributed by atoms with Crippen LogP contribution in [0.1, 0.15) is 5.56 Å². The molecule has 0 amide bonds. The molecule has 6 heteroatoms. The summed E-state index contributed by atoms with van der Waals surface area (Å²) in [6, 6.07) is 13.8.